The minimum absolute atomic E-state index is 0.456. The van der Waals surface area contributed by atoms with Gasteiger partial charge < -0.3 is 5.32 Å². The van der Waals surface area contributed by atoms with E-state index in [-0.39, 0.29) is 0 Å². The Morgan fingerprint density at radius 2 is 2.14 bits per heavy atom. The van der Waals surface area contributed by atoms with Gasteiger partial charge in [-0.3, -0.25) is 4.98 Å². The first kappa shape index (κ1) is 11.2. The summed E-state index contributed by atoms with van der Waals surface area (Å²) in [7, 11) is 2.02. The van der Waals surface area contributed by atoms with Crippen LogP contribution in [0.4, 0.5) is 0 Å². The van der Waals surface area contributed by atoms with Gasteiger partial charge in [0.05, 0.1) is 0 Å². The lowest BCUT2D eigenvalue weighted by atomic mass is 9.95. The van der Waals surface area contributed by atoms with Gasteiger partial charge in [0.2, 0.25) is 0 Å². The van der Waals surface area contributed by atoms with Gasteiger partial charge in [-0.05, 0) is 43.5 Å². The van der Waals surface area contributed by atoms with Gasteiger partial charge >= 0.3 is 0 Å². The molecule has 0 aromatic carbocycles. The standard InChI is InChI=1S/C12H20N2/c1-9(2)7-12(13-4)11-5-6-14-8-10(11)3/h5-6,8-9,12-13H,7H2,1-4H3. The minimum atomic E-state index is 0.456. The van der Waals surface area contributed by atoms with E-state index in [0.29, 0.717) is 12.0 Å². The van der Waals surface area contributed by atoms with Gasteiger partial charge in [-0.25, -0.2) is 0 Å². The summed E-state index contributed by atoms with van der Waals surface area (Å²) in [5.74, 6) is 0.708. The fourth-order valence-corrected chi connectivity index (χ4v) is 1.75. The Kier molecular flexibility index (Phi) is 4.08. The molecule has 1 aromatic heterocycles. The maximum Gasteiger partial charge on any atom is 0.0323 e. The third kappa shape index (κ3) is 2.81. The van der Waals surface area contributed by atoms with E-state index in [1.807, 2.05) is 19.4 Å². The van der Waals surface area contributed by atoms with Crippen molar-refractivity contribution in [1.82, 2.24) is 10.3 Å². The zero-order valence-electron chi connectivity index (χ0n) is 9.54. The van der Waals surface area contributed by atoms with Gasteiger partial charge in [0.1, 0.15) is 0 Å². The van der Waals surface area contributed by atoms with Crippen LogP contribution in [-0.2, 0) is 0 Å². The van der Waals surface area contributed by atoms with Crippen molar-refractivity contribution in [3.8, 4) is 0 Å². The Morgan fingerprint density at radius 3 is 2.64 bits per heavy atom. The van der Waals surface area contributed by atoms with E-state index < -0.39 is 0 Å². The molecule has 1 heterocycles. The fraction of sp³-hybridized carbons (Fsp3) is 0.583. The molecule has 1 unspecified atom stereocenters. The molecule has 0 aliphatic rings. The van der Waals surface area contributed by atoms with E-state index in [0.717, 1.165) is 0 Å². The molecule has 0 aliphatic heterocycles. The van der Waals surface area contributed by atoms with E-state index in [1.165, 1.54) is 17.5 Å². The van der Waals surface area contributed by atoms with Gasteiger partial charge in [0.25, 0.3) is 0 Å². The first-order valence-electron chi connectivity index (χ1n) is 5.23. The molecule has 0 saturated heterocycles. The maximum atomic E-state index is 4.11. The first-order valence-corrected chi connectivity index (χ1v) is 5.23. The summed E-state index contributed by atoms with van der Waals surface area (Å²) in [6.45, 7) is 6.62. The van der Waals surface area contributed by atoms with Gasteiger partial charge in [0, 0.05) is 18.4 Å². The fourth-order valence-electron chi connectivity index (χ4n) is 1.75. The average Bonchev–Trinajstić information content (AvgIpc) is 2.15. The second-order valence-electron chi connectivity index (χ2n) is 4.20. The highest BCUT2D eigenvalue weighted by molar-refractivity contribution is 5.25. The van der Waals surface area contributed by atoms with Crippen LogP contribution < -0.4 is 5.32 Å². The quantitative estimate of drug-likeness (QED) is 0.793. The number of aryl methyl sites for hydroxylation is 1. The van der Waals surface area contributed by atoms with Crippen LogP contribution >= 0.6 is 0 Å². The van der Waals surface area contributed by atoms with Gasteiger partial charge in [-0.1, -0.05) is 13.8 Å². The van der Waals surface area contributed by atoms with Crippen LogP contribution in [0.5, 0.6) is 0 Å². The highest BCUT2D eigenvalue weighted by Crippen LogP contribution is 2.22. The van der Waals surface area contributed by atoms with Crippen molar-refractivity contribution in [2.24, 2.45) is 5.92 Å². The molecule has 1 aromatic rings. The number of hydrogen-bond acceptors (Lipinski definition) is 2. The summed E-state index contributed by atoms with van der Waals surface area (Å²) < 4.78 is 0. The Bertz CT molecular complexity index is 281. The zero-order valence-corrected chi connectivity index (χ0v) is 9.54. The van der Waals surface area contributed by atoms with Crippen LogP contribution in [0.15, 0.2) is 18.5 Å². The summed E-state index contributed by atoms with van der Waals surface area (Å²) in [4.78, 5) is 4.11. The molecule has 1 rings (SSSR count). The summed E-state index contributed by atoms with van der Waals surface area (Å²) in [6.07, 6.45) is 4.97. The van der Waals surface area contributed by atoms with E-state index in [9.17, 15) is 0 Å². The van der Waals surface area contributed by atoms with Crippen molar-refractivity contribution in [1.29, 1.82) is 0 Å². The van der Waals surface area contributed by atoms with Crippen LogP contribution in [0.3, 0.4) is 0 Å². The lowest BCUT2D eigenvalue weighted by molar-refractivity contribution is 0.455. The number of pyridine rings is 1. The lowest BCUT2D eigenvalue weighted by Gasteiger charge is -2.20. The molecule has 0 saturated carbocycles. The van der Waals surface area contributed by atoms with Crippen LogP contribution in [0.25, 0.3) is 0 Å². The number of hydrogen-bond donors (Lipinski definition) is 1. The summed E-state index contributed by atoms with van der Waals surface area (Å²) in [5.41, 5.74) is 2.64. The molecule has 1 N–H and O–H groups in total. The number of nitrogens with zero attached hydrogens (tertiary/aromatic N) is 1. The maximum absolute atomic E-state index is 4.11. The van der Waals surface area contributed by atoms with Crippen LogP contribution in [-0.4, -0.2) is 12.0 Å². The third-order valence-electron chi connectivity index (χ3n) is 2.49. The van der Waals surface area contributed by atoms with E-state index in [2.05, 4.69) is 37.1 Å². The van der Waals surface area contributed by atoms with Gasteiger partial charge in [-0.15, -0.1) is 0 Å². The number of aromatic nitrogens is 1. The first-order chi connectivity index (χ1) is 6.65. The van der Waals surface area contributed by atoms with Crippen molar-refractivity contribution < 1.29 is 0 Å². The van der Waals surface area contributed by atoms with Gasteiger partial charge in [-0.2, -0.15) is 0 Å². The molecule has 0 radical (unpaired) electrons. The molecular formula is C12H20N2. The normalized spacial score (nSPS) is 13.2. The SMILES string of the molecule is CNC(CC(C)C)c1ccncc1C. The smallest absolute Gasteiger partial charge is 0.0323 e. The van der Waals surface area contributed by atoms with E-state index >= 15 is 0 Å². The molecule has 2 nitrogen and oxygen atoms in total. The predicted molar refractivity (Wildman–Crippen MR) is 60.2 cm³/mol. The Labute approximate surface area is 86.8 Å². The molecule has 78 valence electrons. The van der Waals surface area contributed by atoms with E-state index in [4.69, 9.17) is 0 Å². The van der Waals surface area contributed by atoms with Crippen LogP contribution in [0, 0.1) is 12.8 Å². The number of nitrogens with one attached hydrogen (secondary N) is 1. The third-order valence-corrected chi connectivity index (χ3v) is 2.49. The number of rotatable bonds is 4. The molecule has 0 bridgehead atoms. The topological polar surface area (TPSA) is 24.9 Å². The zero-order chi connectivity index (χ0) is 10.6. The largest absolute Gasteiger partial charge is 0.313 e. The van der Waals surface area contributed by atoms with Crippen molar-refractivity contribution in [2.45, 2.75) is 33.2 Å². The van der Waals surface area contributed by atoms with Crippen LogP contribution in [0.1, 0.15) is 37.4 Å². The highest BCUT2D eigenvalue weighted by Gasteiger charge is 2.12. The summed E-state index contributed by atoms with van der Waals surface area (Å²) in [6, 6.07) is 2.57. The second kappa shape index (κ2) is 5.11. The Hall–Kier alpha value is -0.890. The molecule has 1 atom stereocenters. The molecular weight excluding hydrogens is 172 g/mol. The van der Waals surface area contributed by atoms with E-state index in [1.54, 1.807) is 0 Å². The molecule has 0 fully saturated rings. The summed E-state index contributed by atoms with van der Waals surface area (Å²) >= 11 is 0. The molecule has 0 amide bonds. The van der Waals surface area contributed by atoms with Crippen molar-refractivity contribution in [3.05, 3.63) is 29.6 Å². The van der Waals surface area contributed by atoms with Crippen molar-refractivity contribution >= 4 is 0 Å². The van der Waals surface area contributed by atoms with Gasteiger partial charge in [0.15, 0.2) is 0 Å². The Morgan fingerprint density at radius 1 is 1.43 bits per heavy atom. The van der Waals surface area contributed by atoms with Crippen LogP contribution in [0.2, 0.25) is 0 Å². The highest BCUT2D eigenvalue weighted by atomic mass is 14.9. The van der Waals surface area contributed by atoms with Crippen molar-refractivity contribution in [3.63, 3.8) is 0 Å². The Balaban J connectivity index is 2.83. The predicted octanol–water partition coefficient (Wildman–Crippen LogP) is 2.70. The molecule has 0 spiro atoms. The molecule has 14 heavy (non-hydrogen) atoms. The monoisotopic (exact) mass is 192 g/mol. The second-order valence-corrected chi connectivity index (χ2v) is 4.20. The minimum Gasteiger partial charge on any atom is -0.313 e. The lowest BCUT2D eigenvalue weighted by Crippen LogP contribution is -2.19. The molecule has 2 heteroatoms. The van der Waals surface area contributed by atoms with Crippen molar-refractivity contribution in [2.75, 3.05) is 7.05 Å². The molecule has 0 aliphatic carbocycles. The summed E-state index contributed by atoms with van der Waals surface area (Å²) in [5, 5.41) is 3.36. The average molecular weight is 192 g/mol.